The maximum Gasteiger partial charge on any atom is 0.191 e. The first-order valence-electron chi connectivity index (χ1n) is 4.60. The number of hydrogen-bond acceptors (Lipinski definition) is 6. The van der Waals surface area contributed by atoms with E-state index in [2.05, 4.69) is 24.8 Å². The molecule has 3 aromatic rings. The van der Waals surface area contributed by atoms with Gasteiger partial charge in [-0.05, 0) is 29.9 Å². The van der Waals surface area contributed by atoms with Gasteiger partial charge in [-0.25, -0.2) is 4.98 Å². The van der Waals surface area contributed by atoms with Crippen LogP contribution in [0.4, 0.5) is 0 Å². The van der Waals surface area contributed by atoms with Crippen molar-refractivity contribution in [3.63, 3.8) is 0 Å². The van der Waals surface area contributed by atoms with Crippen molar-refractivity contribution in [2.24, 2.45) is 0 Å². The minimum atomic E-state index is 0.720. The highest BCUT2D eigenvalue weighted by Crippen LogP contribution is 2.26. The minimum absolute atomic E-state index is 0.720. The number of nitrogens with one attached hydrogen (secondary N) is 1. The zero-order valence-corrected chi connectivity index (χ0v) is 9.97. The summed E-state index contributed by atoms with van der Waals surface area (Å²) in [4.78, 5) is 6.42. The van der Waals surface area contributed by atoms with Gasteiger partial charge in [0, 0.05) is 0 Å². The molecule has 3 aromatic heterocycles. The summed E-state index contributed by atoms with van der Waals surface area (Å²) in [7, 11) is 0. The van der Waals surface area contributed by atoms with Crippen molar-refractivity contribution in [2.45, 2.75) is 6.92 Å². The molecule has 0 fully saturated rings. The molecule has 0 aliphatic rings. The molecule has 0 saturated heterocycles. The second kappa shape index (κ2) is 3.76. The lowest BCUT2D eigenvalue weighted by molar-refractivity contribution is 1.08. The van der Waals surface area contributed by atoms with Crippen LogP contribution in [0.2, 0.25) is 0 Å². The van der Waals surface area contributed by atoms with Gasteiger partial charge < -0.3 is 0 Å². The van der Waals surface area contributed by atoms with Crippen molar-refractivity contribution in [2.75, 3.05) is 0 Å². The third-order valence-electron chi connectivity index (χ3n) is 2.09. The standard InChI is InChI=1S/C9H7N5S2/c1-5-7(16-14-11-5)9-10-8(12-13-9)6-3-2-4-15-6/h2-4H,1H3,(H,10,12,13). The first-order valence-corrected chi connectivity index (χ1v) is 6.25. The van der Waals surface area contributed by atoms with Gasteiger partial charge in [-0.3, -0.25) is 5.10 Å². The van der Waals surface area contributed by atoms with Crippen LogP contribution in [0.15, 0.2) is 17.5 Å². The molecule has 0 saturated carbocycles. The maximum absolute atomic E-state index is 4.43. The van der Waals surface area contributed by atoms with Gasteiger partial charge in [-0.1, -0.05) is 10.6 Å². The summed E-state index contributed by atoms with van der Waals surface area (Å²) in [6.45, 7) is 1.91. The Bertz CT molecular complexity index is 595. The first kappa shape index (κ1) is 9.61. The molecule has 0 aromatic carbocycles. The van der Waals surface area contributed by atoms with Crippen LogP contribution in [0.5, 0.6) is 0 Å². The fourth-order valence-corrected chi connectivity index (χ4v) is 2.58. The molecule has 1 N–H and O–H groups in total. The van der Waals surface area contributed by atoms with Gasteiger partial charge >= 0.3 is 0 Å². The Kier molecular flexibility index (Phi) is 2.26. The lowest BCUT2D eigenvalue weighted by Gasteiger charge is -1.87. The summed E-state index contributed by atoms with van der Waals surface area (Å²) in [5, 5.41) is 13.0. The normalized spacial score (nSPS) is 10.8. The molecular formula is C9H7N5S2. The zero-order valence-electron chi connectivity index (χ0n) is 8.34. The SMILES string of the molecule is Cc1nnsc1-c1nc(-c2cccs2)n[nH]1. The Morgan fingerprint density at radius 2 is 2.31 bits per heavy atom. The third-order valence-corrected chi connectivity index (χ3v) is 3.79. The van der Waals surface area contributed by atoms with Crippen LogP contribution >= 0.6 is 22.9 Å². The average molecular weight is 249 g/mol. The van der Waals surface area contributed by atoms with Gasteiger partial charge in [0.05, 0.1) is 10.6 Å². The van der Waals surface area contributed by atoms with E-state index in [-0.39, 0.29) is 0 Å². The highest BCUT2D eigenvalue weighted by Gasteiger charge is 2.12. The van der Waals surface area contributed by atoms with Gasteiger partial charge in [0.25, 0.3) is 0 Å². The number of aromatic amines is 1. The molecule has 0 radical (unpaired) electrons. The molecule has 0 aliphatic heterocycles. The van der Waals surface area contributed by atoms with Crippen LogP contribution in [0.1, 0.15) is 5.69 Å². The van der Waals surface area contributed by atoms with Gasteiger partial charge in [0.1, 0.15) is 4.88 Å². The molecule has 0 aliphatic carbocycles. The number of rotatable bonds is 2. The van der Waals surface area contributed by atoms with Crippen LogP contribution in [0, 0.1) is 6.92 Å². The van der Waals surface area contributed by atoms with Gasteiger partial charge in [0.2, 0.25) is 0 Å². The van der Waals surface area contributed by atoms with E-state index >= 15 is 0 Å². The highest BCUT2D eigenvalue weighted by atomic mass is 32.1. The molecule has 3 rings (SSSR count). The Labute approximate surface area is 99.4 Å². The number of H-pyrrole nitrogens is 1. The molecule has 0 unspecified atom stereocenters. The predicted molar refractivity (Wildman–Crippen MR) is 63.3 cm³/mol. The lowest BCUT2D eigenvalue weighted by Crippen LogP contribution is -1.80. The Balaban J connectivity index is 2.03. The summed E-state index contributed by atoms with van der Waals surface area (Å²) >= 11 is 2.94. The Hall–Kier alpha value is -1.60. The smallest absolute Gasteiger partial charge is 0.191 e. The molecule has 0 atom stereocenters. The van der Waals surface area contributed by atoms with Crippen LogP contribution in [-0.4, -0.2) is 24.8 Å². The van der Waals surface area contributed by atoms with E-state index < -0.39 is 0 Å². The van der Waals surface area contributed by atoms with Gasteiger partial charge in [0.15, 0.2) is 11.6 Å². The first-order chi connectivity index (χ1) is 7.84. The summed E-state index contributed by atoms with van der Waals surface area (Å²) in [5.74, 6) is 1.45. The fraction of sp³-hybridized carbons (Fsp3) is 0.111. The molecule has 3 heterocycles. The number of aromatic nitrogens is 5. The van der Waals surface area contributed by atoms with E-state index in [4.69, 9.17) is 0 Å². The minimum Gasteiger partial charge on any atom is -0.258 e. The molecule has 5 nitrogen and oxygen atoms in total. The summed E-state index contributed by atoms with van der Waals surface area (Å²) in [6.07, 6.45) is 0. The predicted octanol–water partition coefficient (Wildman–Crippen LogP) is 2.36. The van der Waals surface area contributed by atoms with Gasteiger partial charge in [-0.15, -0.1) is 16.4 Å². The van der Waals surface area contributed by atoms with E-state index in [1.165, 1.54) is 11.5 Å². The van der Waals surface area contributed by atoms with Crippen molar-refractivity contribution in [3.8, 4) is 21.4 Å². The second-order valence-corrected chi connectivity index (χ2v) is 4.87. The van der Waals surface area contributed by atoms with Crippen LogP contribution in [-0.2, 0) is 0 Å². The summed E-state index contributed by atoms with van der Waals surface area (Å²) in [5.41, 5.74) is 0.874. The number of nitrogens with zero attached hydrogens (tertiary/aromatic N) is 4. The van der Waals surface area contributed by atoms with E-state index in [1.807, 2.05) is 24.4 Å². The van der Waals surface area contributed by atoms with Crippen LogP contribution in [0.3, 0.4) is 0 Å². The molecule has 0 amide bonds. The van der Waals surface area contributed by atoms with Crippen LogP contribution in [0.25, 0.3) is 21.4 Å². The Morgan fingerprint density at radius 1 is 1.38 bits per heavy atom. The fourth-order valence-electron chi connectivity index (χ4n) is 1.33. The van der Waals surface area contributed by atoms with Crippen LogP contribution < -0.4 is 0 Å². The number of hydrogen-bond donors (Lipinski definition) is 1. The van der Waals surface area contributed by atoms with Crippen molar-refractivity contribution in [3.05, 3.63) is 23.2 Å². The molecule has 16 heavy (non-hydrogen) atoms. The van der Waals surface area contributed by atoms with Crippen molar-refractivity contribution in [1.29, 1.82) is 0 Å². The maximum atomic E-state index is 4.43. The number of thiophene rings is 1. The number of aryl methyl sites for hydroxylation is 1. The zero-order chi connectivity index (χ0) is 11.0. The largest absolute Gasteiger partial charge is 0.258 e. The Morgan fingerprint density at radius 3 is 3.00 bits per heavy atom. The van der Waals surface area contributed by atoms with E-state index in [1.54, 1.807) is 11.3 Å². The topological polar surface area (TPSA) is 67.3 Å². The van der Waals surface area contributed by atoms with E-state index in [0.717, 1.165) is 27.1 Å². The van der Waals surface area contributed by atoms with Gasteiger partial charge in [-0.2, -0.15) is 5.10 Å². The molecule has 7 heteroatoms. The summed E-state index contributed by atoms with van der Waals surface area (Å²) < 4.78 is 3.88. The van der Waals surface area contributed by atoms with Crippen molar-refractivity contribution in [1.82, 2.24) is 24.8 Å². The highest BCUT2D eigenvalue weighted by molar-refractivity contribution is 7.13. The molecule has 0 bridgehead atoms. The lowest BCUT2D eigenvalue weighted by atomic mass is 10.4. The molecule has 80 valence electrons. The third kappa shape index (κ3) is 1.54. The second-order valence-electron chi connectivity index (χ2n) is 3.17. The van der Waals surface area contributed by atoms with E-state index in [0.29, 0.717) is 0 Å². The quantitative estimate of drug-likeness (QED) is 0.757. The average Bonchev–Trinajstić information content (AvgIpc) is 2.96. The van der Waals surface area contributed by atoms with Crippen molar-refractivity contribution >= 4 is 22.9 Å². The monoisotopic (exact) mass is 249 g/mol. The van der Waals surface area contributed by atoms with Crippen molar-refractivity contribution < 1.29 is 0 Å². The molecule has 0 spiro atoms. The van der Waals surface area contributed by atoms with E-state index in [9.17, 15) is 0 Å². The summed E-state index contributed by atoms with van der Waals surface area (Å²) in [6, 6.07) is 3.98. The molecular weight excluding hydrogens is 242 g/mol.